The summed E-state index contributed by atoms with van der Waals surface area (Å²) in [7, 11) is 0. The Bertz CT molecular complexity index is 1030. The van der Waals surface area contributed by atoms with Gasteiger partial charge in [0.15, 0.2) is 0 Å². The molecule has 0 fully saturated rings. The number of hydrogen-bond acceptors (Lipinski definition) is 6. The van der Waals surface area contributed by atoms with Crippen molar-refractivity contribution in [3.8, 4) is 0 Å². The molecule has 0 saturated heterocycles. The lowest BCUT2D eigenvalue weighted by Gasteiger charge is -2.19. The number of esters is 2. The van der Waals surface area contributed by atoms with Crippen molar-refractivity contribution in [2.24, 2.45) is 0 Å². The Labute approximate surface area is 226 Å². The number of benzene rings is 2. The predicted octanol–water partition coefficient (Wildman–Crippen LogP) is 4.95. The molecule has 0 spiro atoms. The van der Waals surface area contributed by atoms with E-state index in [4.69, 9.17) is 9.47 Å². The number of anilines is 2. The molecule has 2 amide bonds. The lowest BCUT2D eigenvalue weighted by molar-refractivity contribution is -0.115. The number of amides is 2. The summed E-state index contributed by atoms with van der Waals surface area (Å²) < 4.78 is 12.1. The van der Waals surface area contributed by atoms with E-state index in [1.54, 1.807) is 31.2 Å². The van der Waals surface area contributed by atoms with E-state index in [9.17, 15) is 19.2 Å². The summed E-state index contributed by atoms with van der Waals surface area (Å²) in [4.78, 5) is 48.1. The van der Waals surface area contributed by atoms with Crippen LogP contribution in [0.4, 0.5) is 11.4 Å². The molecule has 0 aliphatic rings. The van der Waals surface area contributed by atoms with Crippen LogP contribution in [-0.4, -0.2) is 30.4 Å². The van der Waals surface area contributed by atoms with Crippen LogP contribution in [0.1, 0.15) is 47.1 Å². The molecular weight excluding hydrogens is 757 g/mol. The first-order valence-corrected chi connectivity index (χ1v) is 12.5. The maximum Gasteiger partial charge on any atom is 0.340 e. The molecule has 2 aromatic carbocycles. The van der Waals surface area contributed by atoms with Crippen molar-refractivity contribution in [1.82, 2.24) is 0 Å². The third-order valence-corrected chi connectivity index (χ3v) is 7.19. The van der Waals surface area contributed by atoms with E-state index in [2.05, 4.69) is 10.6 Å². The van der Waals surface area contributed by atoms with Gasteiger partial charge in [0.1, 0.15) is 6.61 Å². The fourth-order valence-electron chi connectivity index (χ4n) is 2.59. The quantitative estimate of drug-likeness (QED) is 0.305. The van der Waals surface area contributed by atoms with Crippen molar-refractivity contribution in [1.29, 1.82) is 0 Å². The zero-order valence-corrected chi connectivity index (χ0v) is 23.8. The van der Waals surface area contributed by atoms with Gasteiger partial charge in [-0.15, -0.1) is 0 Å². The lowest BCUT2D eigenvalue weighted by Crippen LogP contribution is -2.19. The number of carbonyl (C=O) groups is 4. The summed E-state index contributed by atoms with van der Waals surface area (Å²) in [6.45, 7) is 4.71. The van der Waals surface area contributed by atoms with E-state index in [-0.39, 0.29) is 30.6 Å². The Morgan fingerprint density at radius 1 is 0.781 bits per heavy atom. The highest BCUT2D eigenvalue weighted by Crippen LogP contribution is 2.39. The van der Waals surface area contributed by atoms with Crippen LogP contribution >= 0.6 is 67.8 Å². The van der Waals surface area contributed by atoms with Crippen LogP contribution in [0.15, 0.2) is 24.3 Å². The maximum atomic E-state index is 13.0. The largest absolute Gasteiger partial charge is 0.462 e. The minimum absolute atomic E-state index is 0.0228. The topological polar surface area (TPSA) is 111 Å². The molecule has 0 radical (unpaired) electrons. The fourth-order valence-corrected chi connectivity index (χ4v) is 6.73. The smallest absolute Gasteiger partial charge is 0.340 e. The number of carbonyl (C=O) groups excluding carboxylic acids is 4. The van der Waals surface area contributed by atoms with Crippen molar-refractivity contribution in [2.75, 3.05) is 17.2 Å². The summed E-state index contributed by atoms with van der Waals surface area (Å²) in [6.07, 6.45) is 0. The Hall–Kier alpha value is -1.49. The van der Waals surface area contributed by atoms with Crippen LogP contribution in [0, 0.1) is 10.7 Å². The number of ether oxygens (including phenoxy) is 2. The average molecular weight is 776 g/mol. The molecule has 170 valence electrons. The first-order chi connectivity index (χ1) is 15.1. The van der Waals surface area contributed by atoms with Gasteiger partial charge >= 0.3 is 11.9 Å². The summed E-state index contributed by atoms with van der Waals surface area (Å²) in [5, 5.41) is 5.44. The lowest BCUT2D eigenvalue weighted by atomic mass is 10.1. The zero-order valence-electron chi connectivity index (χ0n) is 17.3. The summed E-state index contributed by atoms with van der Waals surface area (Å²) in [6, 6.07) is 6.55. The van der Waals surface area contributed by atoms with Crippen LogP contribution in [0.5, 0.6) is 0 Å². The van der Waals surface area contributed by atoms with Crippen LogP contribution in [-0.2, 0) is 25.7 Å². The zero-order chi connectivity index (χ0) is 24.0. The van der Waals surface area contributed by atoms with Crippen molar-refractivity contribution >= 4 is 103 Å². The Balaban J connectivity index is 2.33. The highest BCUT2D eigenvalue weighted by Gasteiger charge is 2.26. The van der Waals surface area contributed by atoms with Gasteiger partial charge in [0.25, 0.3) is 0 Å². The van der Waals surface area contributed by atoms with Crippen molar-refractivity contribution < 1.29 is 28.7 Å². The minimum Gasteiger partial charge on any atom is -0.462 e. The Morgan fingerprint density at radius 3 is 1.72 bits per heavy atom. The van der Waals surface area contributed by atoms with E-state index in [0.717, 1.165) is 0 Å². The third-order valence-electron chi connectivity index (χ3n) is 3.96. The highest BCUT2D eigenvalue weighted by atomic mass is 127. The van der Waals surface area contributed by atoms with Gasteiger partial charge in [0, 0.05) is 13.8 Å². The highest BCUT2D eigenvalue weighted by molar-refractivity contribution is 14.1. The third kappa shape index (κ3) is 6.76. The van der Waals surface area contributed by atoms with Gasteiger partial charge in [0.05, 0.1) is 39.8 Å². The van der Waals surface area contributed by atoms with Crippen molar-refractivity contribution in [3.63, 3.8) is 0 Å². The van der Waals surface area contributed by atoms with Crippen LogP contribution in [0.3, 0.4) is 0 Å². The molecule has 32 heavy (non-hydrogen) atoms. The second-order valence-electron chi connectivity index (χ2n) is 6.42. The number of rotatable bonds is 7. The molecule has 2 rings (SSSR count). The van der Waals surface area contributed by atoms with Crippen molar-refractivity contribution in [3.05, 3.63) is 51.7 Å². The molecule has 2 N–H and O–H groups in total. The van der Waals surface area contributed by atoms with Gasteiger partial charge in [-0.2, -0.15) is 0 Å². The molecule has 0 aliphatic heterocycles. The van der Waals surface area contributed by atoms with E-state index >= 15 is 0 Å². The second kappa shape index (κ2) is 12.1. The normalized spacial score (nSPS) is 10.3. The summed E-state index contributed by atoms with van der Waals surface area (Å²) in [5.41, 5.74) is 2.18. The van der Waals surface area contributed by atoms with Gasteiger partial charge in [-0.3, -0.25) is 9.59 Å². The molecular formula is C21H19I3N2O6. The van der Waals surface area contributed by atoms with Gasteiger partial charge in [0.2, 0.25) is 11.8 Å². The first kappa shape index (κ1) is 26.8. The Morgan fingerprint density at radius 2 is 1.28 bits per heavy atom. The molecule has 0 unspecified atom stereocenters. The maximum absolute atomic E-state index is 13.0. The van der Waals surface area contributed by atoms with Gasteiger partial charge in [-0.1, -0.05) is 12.1 Å². The SMILES string of the molecule is CCOC(=O)c1ccc(COC(=O)c2c(I)c(NC(C)=O)c(I)c(NC(C)=O)c2I)cc1. The summed E-state index contributed by atoms with van der Waals surface area (Å²) in [5.74, 6) is -1.65. The molecule has 2 aromatic rings. The second-order valence-corrected chi connectivity index (χ2v) is 9.66. The van der Waals surface area contributed by atoms with Crippen molar-refractivity contribution in [2.45, 2.75) is 27.4 Å². The number of hydrogen-bond donors (Lipinski definition) is 2. The predicted molar refractivity (Wildman–Crippen MR) is 145 cm³/mol. The molecule has 0 atom stereocenters. The molecule has 0 saturated carbocycles. The molecule has 11 heteroatoms. The molecule has 8 nitrogen and oxygen atoms in total. The Kier molecular flexibility index (Phi) is 10.1. The molecule has 0 aliphatic carbocycles. The van der Waals surface area contributed by atoms with Crippen LogP contribution < -0.4 is 10.6 Å². The van der Waals surface area contributed by atoms with Gasteiger partial charge < -0.3 is 20.1 Å². The van der Waals surface area contributed by atoms with E-state index in [0.29, 0.717) is 33.2 Å². The van der Waals surface area contributed by atoms with Gasteiger partial charge in [-0.25, -0.2) is 9.59 Å². The van der Waals surface area contributed by atoms with E-state index in [1.165, 1.54) is 13.8 Å². The average Bonchev–Trinajstić information content (AvgIpc) is 2.73. The van der Waals surface area contributed by atoms with Gasteiger partial charge in [-0.05, 0) is 92.4 Å². The van der Waals surface area contributed by atoms with Crippen LogP contribution in [0.25, 0.3) is 0 Å². The minimum atomic E-state index is -0.608. The van der Waals surface area contributed by atoms with Crippen LogP contribution in [0.2, 0.25) is 0 Å². The molecule has 0 aromatic heterocycles. The standard InChI is InChI=1S/C21H19I3N2O6/c1-4-31-20(29)13-7-5-12(6-8-13)9-32-21(30)14-15(22)18(25-10(2)27)17(24)19(16(14)23)26-11(3)28/h5-8H,4,9H2,1-3H3,(H,25,27)(H,26,28). The monoisotopic (exact) mass is 776 g/mol. The number of nitrogens with one attached hydrogen (secondary N) is 2. The fraction of sp³-hybridized carbons (Fsp3) is 0.238. The summed E-state index contributed by atoms with van der Waals surface area (Å²) >= 11 is 5.97. The van der Waals surface area contributed by atoms with E-state index in [1.807, 2.05) is 67.8 Å². The molecule has 0 bridgehead atoms. The first-order valence-electron chi connectivity index (χ1n) is 9.25. The number of halogens is 3. The van der Waals surface area contributed by atoms with E-state index < -0.39 is 11.9 Å². The molecule has 0 heterocycles.